The number of nitrogens with zero attached hydrogens (tertiary/aromatic N) is 1. The van der Waals surface area contributed by atoms with Gasteiger partial charge in [0.2, 0.25) is 0 Å². The van der Waals surface area contributed by atoms with Crippen LogP contribution in [-0.4, -0.2) is 72.0 Å². The maximum Gasteiger partial charge on any atom is 0.355 e. The van der Waals surface area contributed by atoms with Gasteiger partial charge in [0.25, 0.3) is 0 Å². The van der Waals surface area contributed by atoms with Crippen molar-refractivity contribution < 1.29 is 52.4 Å². The number of hydrogen-bond acceptors (Lipinski definition) is 11. The zero-order valence-corrected chi connectivity index (χ0v) is 21.8. The predicted molar refractivity (Wildman–Crippen MR) is 128 cm³/mol. The molecule has 4 rings (SSSR count). The van der Waals surface area contributed by atoms with Gasteiger partial charge in [-0.3, -0.25) is 19.2 Å². The molecule has 3 heterocycles. The van der Waals surface area contributed by atoms with E-state index in [4.69, 9.17) is 40.0 Å². The molecule has 0 radical (unpaired) electrons. The van der Waals surface area contributed by atoms with Crippen molar-refractivity contribution in [1.29, 1.82) is 0 Å². The summed E-state index contributed by atoms with van der Waals surface area (Å²) in [5.74, 6) is -3.55. The van der Waals surface area contributed by atoms with Crippen LogP contribution >= 0.6 is 11.6 Å². The molecule has 0 saturated carbocycles. The van der Waals surface area contributed by atoms with Gasteiger partial charge in [0.15, 0.2) is 24.5 Å². The molecule has 0 aliphatic carbocycles. The topological polar surface area (TPSA) is 146 Å². The molecule has 13 heteroatoms. The van der Waals surface area contributed by atoms with E-state index in [0.717, 1.165) is 20.8 Å². The molecule has 1 fully saturated rings. The molecule has 0 unspecified atom stereocenters. The number of rotatable bonds is 6. The van der Waals surface area contributed by atoms with E-state index in [0.29, 0.717) is 27.9 Å². The molecule has 2 aliphatic heterocycles. The van der Waals surface area contributed by atoms with Crippen molar-refractivity contribution in [2.24, 2.45) is 0 Å². The summed E-state index contributed by atoms with van der Waals surface area (Å²) < 4.78 is 34.7. The van der Waals surface area contributed by atoms with Crippen LogP contribution in [0.2, 0.25) is 5.02 Å². The fourth-order valence-electron chi connectivity index (χ4n) is 4.82. The maximum atomic E-state index is 13.0. The van der Waals surface area contributed by atoms with Gasteiger partial charge in [-0.25, -0.2) is 4.79 Å². The van der Waals surface area contributed by atoms with Gasteiger partial charge in [-0.05, 0) is 23.8 Å². The Morgan fingerprint density at radius 2 is 1.58 bits per heavy atom. The van der Waals surface area contributed by atoms with Crippen molar-refractivity contribution >= 4 is 52.4 Å². The van der Waals surface area contributed by atoms with Crippen LogP contribution in [0.1, 0.15) is 50.0 Å². The van der Waals surface area contributed by atoms with Crippen molar-refractivity contribution in [2.75, 3.05) is 13.2 Å². The number of aromatic nitrogens is 1. The molecule has 204 valence electrons. The van der Waals surface area contributed by atoms with Crippen LogP contribution in [0.15, 0.2) is 18.2 Å². The number of ether oxygens (including phenoxy) is 6. The summed E-state index contributed by atoms with van der Waals surface area (Å²) in [6.45, 7) is 4.35. The number of carbonyl (C=O) groups is 5. The summed E-state index contributed by atoms with van der Waals surface area (Å²) in [5.41, 5.74) is 1.28. The first-order chi connectivity index (χ1) is 18.0. The van der Waals surface area contributed by atoms with Gasteiger partial charge >= 0.3 is 29.8 Å². The van der Waals surface area contributed by atoms with Crippen molar-refractivity contribution in [1.82, 2.24) is 4.57 Å². The predicted octanol–water partition coefficient (Wildman–Crippen LogP) is 2.26. The summed E-state index contributed by atoms with van der Waals surface area (Å²) in [6, 6.07) is 4.97. The van der Waals surface area contributed by atoms with Crippen LogP contribution in [-0.2, 0) is 54.0 Å². The molecule has 0 N–H and O–H groups in total. The van der Waals surface area contributed by atoms with Gasteiger partial charge in [-0.15, -0.1) is 0 Å². The van der Waals surface area contributed by atoms with Crippen LogP contribution < -0.4 is 0 Å². The van der Waals surface area contributed by atoms with Gasteiger partial charge < -0.3 is 33.0 Å². The van der Waals surface area contributed by atoms with Crippen molar-refractivity contribution in [3.05, 3.63) is 34.5 Å². The van der Waals surface area contributed by atoms with Gasteiger partial charge in [-0.2, -0.15) is 0 Å². The SMILES string of the molecule is CC(=O)OC[C@H]1O[C@@H](n2c3c(c4cc(Cl)ccc42)CCOC3=O)[C@H](OC(C)=O)[C@@H](OC(C)=O)[C@H]1OC(C)=O. The van der Waals surface area contributed by atoms with E-state index in [2.05, 4.69) is 0 Å². The van der Waals surface area contributed by atoms with Crippen LogP contribution in [0.5, 0.6) is 0 Å². The Morgan fingerprint density at radius 1 is 0.947 bits per heavy atom. The minimum absolute atomic E-state index is 0.134. The second kappa shape index (κ2) is 11.0. The van der Waals surface area contributed by atoms with E-state index in [1.807, 2.05) is 0 Å². The monoisotopic (exact) mass is 551 g/mol. The molecular weight excluding hydrogens is 526 g/mol. The van der Waals surface area contributed by atoms with Gasteiger partial charge in [-0.1, -0.05) is 11.6 Å². The Kier molecular flexibility index (Phi) is 7.93. The highest BCUT2D eigenvalue weighted by molar-refractivity contribution is 6.31. The lowest BCUT2D eigenvalue weighted by Gasteiger charge is -2.45. The standard InChI is InChI=1S/C25H26ClNO11/c1-11(28)34-10-19-21(35-12(2)29)22(36-13(3)30)23(37-14(4)31)24(38-19)27-18-6-5-15(26)9-17(18)16-7-8-33-25(32)20(16)27/h5-6,9,19,21-24H,7-8,10H2,1-4H3/t19-,21+,22+,23-,24-/m1/s1. The first-order valence-electron chi connectivity index (χ1n) is 11.8. The zero-order valence-electron chi connectivity index (χ0n) is 21.1. The molecule has 2 aromatic rings. The highest BCUT2D eigenvalue weighted by atomic mass is 35.5. The summed E-state index contributed by atoms with van der Waals surface area (Å²) in [6.07, 6.45) is -6.19. The lowest BCUT2D eigenvalue weighted by molar-refractivity contribution is -0.267. The molecule has 1 saturated heterocycles. The Hall–Kier alpha value is -3.64. The Labute approximate surface area is 222 Å². The molecule has 38 heavy (non-hydrogen) atoms. The maximum absolute atomic E-state index is 13.0. The average Bonchev–Trinajstić information content (AvgIpc) is 3.14. The Balaban J connectivity index is 1.95. The van der Waals surface area contributed by atoms with Crippen LogP contribution in [0.3, 0.4) is 0 Å². The van der Waals surface area contributed by atoms with Gasteiger partial charge in [0.1, 0.15) is 18.4 Å². The van der Waals surface area contributed by atoms with E-state index in [-0.39, 0.29) is 12.3 Å². The number of benzene rings is 1. The van der Waals surface area contributed by atoms with Crippen LogP contribution in [0, 0.1) is 0 Å². The van der Waals surface area contributed by atoms with E-state index in [1.165, 1.54) is 11.5 Å². The second-order valence-corrected chi connectivity index (χ2v) is 9.27. The molecular formula is C25H26ClNO11. The molecule has 2 aliphatic rings. The highest BCUT2D eigenvalue weighted by Gasteiger charge is 2.54. The minimum atomic E-state index is -1.39. The largest absolute Gasteiger partial charge is 0.463 e. The van der Waals surface area contributed by atoms with Crippen molar-refractivity contribution in [3.8, 4) is 0 Å². The molecule has 1 aromatic carbocycles. The molecule has 0 bridgehead atoms. The minimum Gasteiger partial charge on any atom is -0.463 e. The van der Waals surface area contributed by atoms with Crippen molar-refractivity contribution in [2.45, 2.75) is 64.8 Å². The summed E-state index contributed by atoms with van der Waals surface area (Å²) in [7, 11) is 0. The van der Waals surface area contributed by atoms with Gasteiger partial charge in [0, 0.05) is 44.5 Å². The zero-order chi connectivity index (χ0) is 27.7. The number of carbonyl (C=O) groups excluding carboxylic acids is 5. The van der Waals surface area contributed by atoms with E-state index < -0.39 is 67.1 Å². The Bertz CT molecular complexity index is 1300. The summed E-state index contributed by atoms with van der Waals surface area (Å²) >= 11 is 6.25. The first kappa shape index (κ1) is 27.4. The summed E-state index contributed by atoms with van der Waals surface area (Å²) in [5, 5.41) is 1.08. The third-order valence-electron chi connectivity index (χ3n) is 6.07. The third kappa shape index (κ3) is 5.46. The number of cyclic esters (lactones) is 1. The smallest absolute Gasteiger partial charge is 0.355 e. The fraction of sp³-hybridized carbons (Fsp3) is 0.480. The third-order valence-corrected chi connectivity index (χ3v) is 6.30. The lowest BCUT2D eigenvalue weighted by atomic mass is 9.96. The summed E-state index contributed by atoms with van der Waals surface area (Å²) in [4.78, 5) is 61.0. The quantitative estimate of drug-likeness (QED) is 0.385. The number of fused-ring (bicyclic) bond motifs is 3. The second-order valence-electron chi connectivity index (χ2n) is 8.83. The van der Waals surface area contributed by atoms with E-state index in [9.17, 15) is 24.0 Å². The molecule has 0 amide bonds. The first-order valence-corrected chi connectivity index (χ1v) is 12.2. The number of esters is 5. The molecule has 5 atom stereocenters. The van der Waals surface area contributed by atoms with E-state index in [1.54, 1.807) is 18.2 Å². The molecule has 12 nitrogen and oxygen atoms in total. The Morgan fingerprint density at radius 3 is 2.21 bits per heavy atom. The fourth-order valence-corrected chi connectivity index (χ4v) is 4.99. The van der Waals surface area contributed by atoms with Gasteiger partial charge in [0.05, 0.1) is 12.1 Å². The number of hydrogen-bond donors (Lipinski definition) is 0. The van der Waals surface area contributed by atoms with Crippen molar-refractivity contribution in [3.63, 3.8) is 0 Å². The van der Waals surface area contributed by atoms with E-state index >= 15 is 0 Å². The lowest BCUT2D eigenvalue weighted by Crippen LogP contribution is -2.60. The normalized spacial score (nSPS) is 24.7. The highest BCUT2D eigenvalue weighted by Crippen LogP contribution is 2.41. The average molecular weight is 552 g/mol. The van der Waals surface area contributed by atoms with Crippen LogP contribution in [0.4, 0.5) is 0 Å². The van der Waals surface area contributed by atoms with Crippen LogP contribution in [0.25, 0.3) is 10.9 Å². The number of halogens is 1. The molecule has 0 spiro atoms. The molecule has 1 aromatic heterocycles.